The van der Waals surface area contributed by atoms with Gasteiger partial charge in [-0.15, -0.1) is 0 Å². The van der Waals surface area contributed by atoms with Crippen LogP contribution >= 0.6 is 0 Å². The van der Waals surface area contributed by atoms with Crippen LogP contribution in [0, 0.1) is 23.6 Å². The maximum atomic E-state index is 14.3. The number of carbonyl (C=O) groups excluding carboxylic acids is 1. The largest absolute Gasteiger partial charge is 0.497 e. The highest BCUT2D eigenvalue weighted by atomic mass is 19.1. The van der Waals surface area contributed by atoms with E-state index in [0.29, 0.717) is 30.0 Å². The molecule has 6 nitrogen and oxygen atoms in total. The van der Waals surface area contributed by atoms with Gasteiger partial charge in [0.25, 0.3) is 5.56 Å². The van der Waals surface area contributed by atoms with Crippen LogP contribution in [-0.2, 0) is 11.3 Å². The number of fused-ring (bicyclic) bond motifs is 2. The molecule has 146 valence electrons. The van der Waals surface area contributed by atoms with Gasteiger partial charge in [0.15, 0.2) is 0 Å². The lowest BCUT2D eigenvalue weighted by atomic mass is 9.94. The van der Waals surface area contributed by atoms with E-state index in [1.54, 1.807) is 6.07 Å². The Labute approximate surface area is 162 Å². The van der Waals surface area contributed by atoms with Crippen LogP contribution in [0.5, 0.6) is 5.75 Å². The Morgan fingerprint density at radius 1 is 1.29 bits per heavy atom. The van der Waals surface area contributed by atoms with Crippen LogP contribution in [0.3, 0.4) is 0 Å². The summed E-state index contributed by atoms with van der Waals surface area (Å²) in [6.45, 7) is 0.410. The molecule has 0 saturated heterocycles. The van der Waals surface area contributed by atoms with Crippen molar-refractivity contribution in [3.05, 3.63) is 58.7 Å². The Hall–Kier alpha value is -2.96. The predicted octanol–water partition coefficient (Wildman–Crippen LogP) is 2.39. The highest BCUT2D eigenvalue weighted by Crippen LogP contribution is 2.42. The fourth-order valence-electron chi connectivity index (χ4n) is 4.10. The van der Waals surface area contributed by atoms with E-state index < -0.39 is 11.4 Å². The van der Waals surface area contributed by atoms with Crippen molar-refractivity contribution in [3.63, 3.8) is 0 Å². The number of hydrogen-bond donors (Lipinski definition) is 1. The van der Waals surface area contributed by atoms with E-state index in [0.717, 1.165) is 11.1 Å². The van der Waals surface area contributed by atoms with Crippen molar-refractivity contribution in [2.45, 2.75) is 19.4 Å². The Bertz CT molecular complexity index is 985. The Kier molecular flexibility index (Phi) is 4.98. The molecule has 1 saturated carbocycles. The minimum Gasteiger partial charge on any atom is -0.497 e. The molecule has 3 atom stereocenters. The van der Waals surface area contributed by atoms with Gasteiger partial charge in [0, 0.05) is 24.2 Å². The molecule has 2 aromatic rings. The smallest absolute Gasteiger partial charge is 0.267 e. The first-order chi connectivity index (χ1) is 13.5. The fraction of sp³-hybridized carbons (Fsp3) is 0.381. The van der Waals surface area contributed by atoms with E-state index in [-0.39, 0.29) is 23.7 Å². The molecule has 1 aromatic heterocycles. The van der Waals surface area contributed by atoms with Crippen LogP contribution in [0.25, 0.3) is 11.3 Å². The van der Waals surface area contributed by atoms with Crippen LogP contribution in [0.2, 0.25) is 0 Å². The zero-order chi connectivity index (χ0) is 19.7. The molecule has 0 aliphatic heterocycles. The van der Waals surface area contributed by atoms with Gasteiger partial charge in [0.05, 0.1) is 12.8 Å². The quantitative estimate of drug-likeness (QED) is 0.778. The number of benzene rings is 1. The molecule has 1 heterocycles. The number of halogens is 1. The Morgan fingerprint density at radius 2 is 2.14 bits per heavy atom. The van der Waals surface area contributed by atoms with E-state index in [9.17, 15) is 14.0 Å². The van der Waals surface area contributed by atoms with Gasteiger partial charge in [-0.3, -0.25) is 9.59 Å². The molecule has 4 rings (SSSR count). The van der Waals surface area contributed by atoms with Crippen molar-refractivity contribution >= 4 is 5.91 Å². The molecule has 0 radical (unpaired) electrons. The Balaban J connectivity index is 1.44. The van der Waals surface area contributed by atoms with Crippen molar-refractivity contribution in [2.24, 2.45) is 17.8 Å². The molecule has 2 aliphatic carbocycles. The van der Waals surface area contributed by atoms with Crippen molar-refractivity contribution < 1.29 is 13.9 Å². The van der Waals surface area contributed by atoms with E-state index in [4.69, 9.17) is 4.74 Å². The zero-order valence-corrected chi connectivity index (χ0v) is 15.6. The number of allylic oxidation sites excluding steroid dienone is 2. The first kappa shape index (κ1) is 18.4. The summed E-state index contributed by atoms with van der Waals surface area (Å²) in [6.07, 6.45) is 6.78. The second kappa shape index (κ2) is 7.58. The predicted molar refractivity (Wildman–Crippen MR) is 102 cm³/mol. The zero-order valence-electron chi connectivity index (χ0n) is 15.6. The average molecular weight is 383 g/mol. The molecule has 2 aliphatic rings. The SMILES string of the molecule is COc1ccc(-c2ccc(=O)n(CC(=O)NC[C@@H]3C[C@H]4C=C[C@H]3C4)n2)c(F)c1. The highest BCUT2D eigenvalue weighted by molar-refractivity contribution is 5.75. The second-order valence-electron chi connectivity index (χ2n) is 7.40. The topological polar surface area (TPSA) is 73.2 Å². The van der Waals surface area contributed by atoms with Crippen molar-refractivity contribution in [3.8, 4) is 17.0 Å². The van der Waals surface area contributed by atoms with Gasteiger partial charge in [-0.25, -0.2) is 9.07 Å². The van der Waals surface area contributed by atoms with Gasteiger partial charge in [-0.05, 0) is 48.8 Å². The normalized spacial score (nSPS) is 22.4. The summed E-state index contributed by atoms with van der Waals surface area (Å²) in [5, 5.41) is 7.08. The van der Waals surface area contributed by atoms with Crippen LogP contribution in [0.15, 0.2) is 47.3 Å². The average Bonchev–Trinajstić information content (AvgIpc) is 3.31. The lowest BCUT2D eigenvalue weighted by Crippen LogP contribution is -2.36. The van der Waals surface area contributed by atoms with E-state index in [2.05, 4.69) is 22.6 Å². The molecule has 0 unspecified atom stereocenters. The summed E-state index contributed by atoms with van der Waals surface area (Å²) in [5.41, 5.74) is 0.116. The third kappa shape index (κ3) is 3.69. The second-order valence-corrected chi connectivity index (χ2v) is 7.40. The van der Waals surface area contributed by atoms with E-state index >= 15 is 0 Å². The lowest BCUT2D eigenvalue weighted by molar-refractivity contribution is -0.122. The van der Waals surface area contributed by atoms with Gasteiger partial charge in [-0.1, -0.05) is 12.2 Å². The number of rotatable bonds is 6. The number of amides is 1. The number of nitrogens with one attached hydrogen (secondary N) is 1. The third-order valence-electron chi connectivity index (χ3n) is 5.59. The molecule has 2 bridgehead atoms. The number of nitrogens with zero attached hydrogens (tertiary/aromatic N) is 2. The van der Waals surface area contributed by atoms with E-state index in [1.807, 2.05) is 0 Å². The van der Waals surface area contributed by atoms with Gasteiger partial charge in [0.2, 0.25) is 5.91 Å². The van der Waals surface area contributed by atoms with Gasteiger partial charge < -0.3 is 10.1 Å². The number of methoxy groups -OCH3 is 1. The third-order valence-corrected chi connectivity index (χ3v) is 5.59. The van der Waals surface area contributed by atoms with Crippen LogP contribution in [0.1, 0.15) is 12.8 Å². The van der Waals surface area contributed by atoms with E-state index in [1.165, 1.54) is 37.8 Å². The number of carbonyl (C=O) groups is 1. The fourth-order valence-corrected chi connectivity index (χ4v) is 4.10. The van der Waals surface area contributed by atoms with Crippen LogP contribution in [0.4, 0.5) is 4.39 Å². The maximum absolute atomic E-state index is 14.3. The minimum atomic E-state index is -0.508. The lowest BCUT2D eigenvalue weighted by Gasteiger charge is -2.18. The highest BCUT2D eigenvalue weighted by Gasteiger charge is 2.35. The molecule has 1 N–H and O–H groups in total. The number of hydrogen-bond acceptors (Lipinski definition) is 4. The summed E-state index contributed by atoms with van der Waals surface area (Å²) in [5.74, 6) is 1.27. The van der Waals surface area contributed by atoms with Crippen LogP contribution in [-0.4, -0.2) is 29.3 Å². The van der Waals surface area contributed by atoms with Crippen molar-refractivity contribution in [1.82, 2.24) is 15.1 Å². The summed E-state index contributed by atoms with van der Waals surface area (Å²) in [7, 11) is 1.46. The first-order valence-corrected chi connectivity index (χ1v) is 9.40. The summed E-state index contributed by atoms with van der Waals surface area (Å²) < 4.78 is 20.4. The maximum Gasteiger partial charge on any atom is 0.267 e. The molecule has 7 heteroatoms. The molecule has 1 amide bonds. The van der Waals surface area contributed by atoms with Crippen molar-refractivity contribution in [1.29, 1.82) is 0 Å². The monoisotopic (exact) mass is 383 g/mol. The molecule has 1 fully saturated rings. The first-order valence-electron chi connectivity index (χ1n) is 9.40. The standard InChI is InChI=1S/C21H22FN3O3/c1-28-16-4-5-17(18(22)10-16)19-6-7-21(27)25(24-19)12-20(26)23-11-15-9-13-2-3-14(15)8-13/h2-7,10,13-15H,8-9,11-12H2,1H3,(H,23,26)/t13-,14-,15-/m0/s1. The van der Waals surface area contributed by atoms with Crippen LogP contribution < -0.4 is 15.6 Å². The van der Waals surface area contributed by atoms with Gasteiger partial charge in [-0.2, -0.15) is 5.10 Å². The van der Waals surface area contributed by atoms with Crippen molar-refractivity contribution in [2.75, 3.05) is 13.7 Å². The van der Waals surface area contributed by atoms with Gasteiger partial charge >= 0.3 is 0 Å². The molecule has 28 heavy (non-hydrogen) atoms. The number of aromatic nitrogens is 2. The Morgan fingerprint density at radius 3 is 2.82 bits per heavy atom. The minimum absolute atomic E-state index is 0.193. The number of ether oxygens (including phenoxy) is 1. The molecule has 0 spiro atoms. The molecule has 1 aromatic carbocycles. The van der Waals surface area contributed by atoms with Gasteiger partial charge in [0.1, 0.15) is 18.1 Å². The summed E-state index contributed by atoms with van der Waals surface area (Å²) in [4.78, 5) is 24.4. The molecular formula is C21H22FN3O3. The summed E-state index contributed by atoms with van der Waals surface area (Å²) in [6, 6.07) is 7.15. The summed E-state index contributed by atoms with van der Waals surface area (Å²) >= 11 is 0. The molecular weight excluding hydrogens is 361 g/mol.